The molecule has 9 unspecified atom stereocenters. The van der Waals surface area contributed by atoms with E-state index in [0.717, 1.165) is 63.7 Å². The summed E-state index contributed by atoms with van der Waals surface area (Å²) >= 11 is 0. The molecule has 0 bridgehead atoms. The van der Waals surface area contributed by atoms with Crippen molar-refractivity contribution < 1.29 is 75.7 Å². The molecule has 0 amide bonds. The fraction of sp³-hybridized carbons (Fsp3) is 0.479. The highest BCUT2D eigenvalue weighted by molar-refractivity contribution is 9.24. The maximum Gasteiger partial charge on any atom is 0.459 e. The minimum Gasteiger partial charge on any atom is -0.497 e. The number of aromatic nitrogens is 6. The van der Waals surface area contributed by atoms with Gasteiger partial charge in [0.2, 0.25) is 0 Å². The Kier molecular flexibility index (Phi) is 40.3. The number of methoxy groups -OCH3 is 1. The molecule has 22 atom stereocenters. The molecule has 3 saturated heterocycles. The predicted octanol–water partition coefficient (Wildman–Crippen LogP) is 16.5. The number of carbonyl (C=O) groups excluding carboxylic acids is 1. The lowest BCUT2D eigenvalue weighted by Gasteiger charge is -2.43. The molecule has 4 fully saturated rings. The van der Waals surface area contributed by atoms with E-state index in [-0.39, 0.29) is 92.7 Å². The molecule has 1 saturated carbocycles. The van der Waals surface area contributed by atoms with Crippen molar-refractivity contribution in [1.29, 1.82) is 0 Å². The Bertz CT molecular complexity index is 4330. The molecule has 6 heterocycles. The fourth-order valence-electron chi connectivity index (χ4n) is 13.2. The van der Waals surface area contributed by atoms with Crippen LogP contribution in [0.25, 0.3) is 0 Å². The molecule has 10 N–H and O–H groups in total. The fourth-order valence-corrected chi connectivity index (χ4v) is 136. The first kappa shape index (κ1) is 100. The molecular formula is C71H108F3N10O16P14-. The summed E-state index contributed by atoms with van der Waals surface area (Å²) in [7, 11) is 19.9. The summed E-state index contributed by atoms with van der Waals surface area (Å²) in [6, 6.07) is 38.9. The number of nitrogen functional groups attached to an aromatic ring is 2. The van der Waals surface area contributed by atoms with Gasteiger partial charge in [-0.05, 0) is 132 Å². The highest BCUT2D eigenvalue weighted by atomic mass is 33.3. The number of aliphatic hydroxyl groups excluding tert-OH is 4. The van der Waals surface area contributed by atoms with Crippen LogP contribution in [0, 0.1) is 5.92 Å². The first-order chi connectivity index (χ1) is 53.3. The van der Waals surface area contributed by atoms with Gasteiger partial charge in [0.05, 0.1) is 32.5 Å². The average Bonchev–Trinajstić information content (AvgIpc) is 1.07. The molecule has 26 nitrogen and oxygen atoms in total. The predicted molar refractivity (Wildman–Crippen MR) is 482 cm³/mol. The van der Waals surface area contributed by atoms with Crippen LogP contribution in [0.4, 0.5) is 30.6 Å². The number of esters is 1. The Morgan fingerprint density at radius 1 is 0.640 bits per heavy atom. The van der Waals surface area contributed by atoms with Crippen LogP contribution in [-0.2, 0) is 38.4 Å². The number of rotatable bonds is 28. The molecule has 114 heavy (non-hydrogen) atoms. The van der Waals surface area contributed by atoms with E-state index >= 15 is 8.78 Å². The first-order valence-electron chi connectivity index (χ1n) is 35.5. The molecule has 1 aliphatic carbocycles. The third-order valence-corrected chi connectivity index (χ3v) is 91.9. The number of alkyl halides is 3. The highest BCUT2D eigenvalue weighted by Crippen LogP contribution is 3.18. The van der Waals surface area contributed by atoms with Crippen molar-refractivity contribution >= 4 is 137 Å². The molecule has 11 rings (SSSR count). The zero-order valence-corrected chi connectivity index (χ0v) is 76.7. The lowest BCUT2D eigenvalue weighted by atomic mass is 9.77. The molecule has 630 valence electrons. The van der Waals surface area contributed by atoms with Crippen LogP contribution >= 0.6 is 113 Å². The van der Waals surface area contributed by atoms with Gasteiger partial charge in [-0.3, -0.25) is 31.9 Å². The summed E-state index contributed by atoms with van der Waals surface area (Å²) in [6.07, 6.45) is -3.73. The third kappa shape index (κ3) is 24.1. The normalized spacial score (nSPS) is 25.2. The van der Waals surface area contributed by atoms with Gasteiger partial charge in [-0.25, -0.2) is 32.1 Å². The zero-order chi connectivity index (χ0) is 82.0. The van der Waals surface area contributed by atoms with Gasteiger partial charge in [-0.2, -0.15) is 27.0 Å². The molecular weight excluding hydrogens is 1740 g/mol. The van der Waals surface area contributed by atoms with Crippen molar-refractivity contribution in [2.75, 3.05) is 43.7 Å². The van der Waals surface area contributed by atoms with Crippen molar-refractivity contribution in [3.05, 3.63) is 200 Å². The van der Waals surface area contributed by atoms with Gasteiger partial charge in [0.15, 0.2) is 37.2 Å². The van der Waals surface area contributed by atoms with E-state index in [0.29, 0.717) is 12.2 Å². The van der Waals surface area contributed by atoms with Crippen LogP contribution < -0.4 is 48.2 Å². The molecule has 7 aromatic rings. The lowest BCUT2D eigenvalue weighted by molar-refractivity contribution is -0.152. The number of benzene rings is 4. The van der Waals surface area contributed by atoms with Gasteiger partial charge in [0, 0.05) is 24.5 Å². The summed E-state index contributed by atoms with van der Waals surface area (Å²) < 4.78 is 101. The summed E-state index contributed by atoms with van der Waals surface area (Å²) in [5.74, 6) is -0.0249. The monoisotopic (exact) mass is 1850 g/mol. The Labute approximate surface area is 687 Å². The molecule has 3 aromatic heterocycles. The first-order valence-corrected chi connectivity index (χ1v) is 59.5. The van der Waals surface area contributed by atoms with Crippen molar-refractivity contribution in [2.24, 2.45) is 5.92 Å². The van der Waals surface area contributed by atoms with Crippen LogP contribution in [0.3, 0.4) is 0 Å². The van der Waals surface area contributed by atoms with E-state index in [4.69, 9.17) is 44.2 Å². The Morgan fingerprint density at radius 3 is 1.47 bits per heavy atom. The topological polar surface area (TPSA) is 360 Å². The maximum absolute atomic E-state index is 15.4. The number of carbonyl (C=O) groups is 1. The molecule has 0 radical (unpaired) electrons. The van der Waals surface area contributed by atoms with Crippen molar-refractivity contribution in [3.8, 4) is 11.5 Å². The average molecular weight is 1850 g/mol. The van der Waals surface area contributed by atoms with E-state index in [1.807, 2.05) is 91.9 Å². The van der Waals surface area contributed by atoms with Gasteiger partial charge in [-0.1, -0.05) is 147 Å². The minimum atomic E-state index is -4.33. The smallest absolute Gasteiger partial charge is 0.459 e. The molecule has 3 aliphatic heterocycles. The number of nitrogens with one attached hydrogen (secondary N) is 2. The van der Waals surface area contributed by atoms with E-state index in [1.165, 1.54) is 42.2 Å². The van der Waals surface area contributed by atoms with Gasteiger partial charge >= 0.3 is 30.8 Å². The van der Waals surface area contributed by atoms with Gasteiger partial charge < -0.3 is 73.4 Å². The second-order valence-electron chi connectivity index (χ2n) is 26.5. The van der Waals surface area contributed by atoms with E-state index in [1.54, 1.807) is 72.2 Å². The van der Waals surface area contributed by atoms with Crippen LogP contribution in [0.5, 0.6) is 11.5 Å². The summed E-state index contributed by atoms with van der Waals surface area (Å²) in [5.41, 5.74) is 6.26. The largest absolute Gasteiger partial charge is 0.497 e. The number of nitrogens with two attached hydrogens (primary N) is 2. The van der Waals surface area contributed by atoms with E-state index in [2.05, 4.69) is 87.9 Å². The minimum absolute atomic E-state index is 0. The van der Waals surface area contributed by atoms with Crippen LogP contribution in [0.2, 0.25) is 0 Å². The second kappa shape index (κ2) is 45.9. The van der Waals surface area contributed by atoms with Crippen LogP contribution in [-0.4, -0.2) is 142 Å². The van der Waals surface area contributed by atoms with E-state index < -0.39 is 128 Å². The van der Waals surface area contributed by atoms with Crippen LogP contribution in [0.15, 0.2) is 166 Å². The number of para-hydroxylation sites is 1. The van der Waals surface area contributed by atoms with Crippen LogP contribution in [0.1, 0.15) is 136 Å². The number of anilines is 3. The van der Waals surface area contributed by atoms with Crippen molar-refractivity contribution in [3.63, 3.8) is 0 Å². The molecule has 0 spiro atoms. The molecule has 43 heteroatoms. The third-order valence-electron chi connectivity index (χ3n) is 19.7. The number of halogens is 3. The Morgan fingerprint density at radius 2 is 1.07 bits per heavy atom. The van der Waals surface area contributed by atoms with Gasteiger partial charge in [0.25, 0.3) is 0 Å². The lowest BCUT2D eigenvalue weighted by Crippen LogP contribution is -2.46. The van der Waals surface area contributed by atoms with Crippen molar-refractivity contribution in [2.45, 2.75) is 185 Å². The number of hydrogen-bond donors (Lipinski definition) is 8. The van der Waals surface area contributed by atoms with Gasteiger partial charge in [0.1, 0.15) is 70.0 Å². The molecule has 4 aromatic carbocycles. The van der Waals surface area contributed by atoms with Gasteiger partial charge in [-0.15, -0.1) is 53.6 Å². The highest BCUT2D eigenvalue weighted by Gasteiger charge is 2.58. The number of hydrogen-bond acceptors (Lipinski definition) is 22. The summed E-state index contributed by atoms with van der Waals surface area (Å²) in [6.45, 7) is 7.53. The standard InChI is InChI=1S/C32H34FN3O4.C26H36FN4O8P.C11H16FN3O4.2CH4.H14P13/c1-4-31(21-37)22(2)28(33)29(40-31)36-20-19-27(34-30(36)38)35-32(23-11-7-5-8-12-23,24-13-9-6-10-14-24)25-15-17-26(39-3)18-16-25;1-3-26(22(32)21(27)23(38-26)31-15-14-20(28)29-25(31)34)16-36-40(35,39-19-12-8-5-9-13-19)30-17(2)24(33)37-18-10-6-4-7-11-18;1-2-11(5-16)8(17)7(12)9(19-11)15-4-3-6(13)14-10(15)18;;;1-8-12(9(2)3)13(10(4)5)11(6)7/h5-20,22,28-29,37H,4,21H2,1-3H3,(H,34,35,38);5,8-9,12-15,17-18,21-23,32H,3-4,6-7,10-11,16H2,1-2H3,(H,30,35)(H2,28,29,34);3-4,7-9,16-17H,2,5H2,1H3,(H2,13,14,18);2*1H4;1-7H2/q;;;;;-1/t22-,28+,29+,31+;17-,21+,22-,23+,26+,40?;7-,8+,9-,11-;;;/m001.../s1. The number of ether oxygens (including phenoxy) is 5. The number of nitrogens with zero attached hydrogens (tertiary/aromatic N) is 6. The van der Waals surface area contributed by atoms with E-state index in [9.17, 15) is 48.6 Å². The SMILES string of the molecule is C.C.CC[C@]1(CO)O[C@@H](n2ccc(N)nc2=O)[C@H](F)[C@@H]1O.CC[C@]1(CO)O[C@@H](n2ccc(NC(c3ccccc3)(c3ccccc3)c3ccc(OC)cc3)nc2=O)[C@H](F)[C@@H]1C.CC[C@]1(COP(=O)(N[C@@H](C)C(=O)OC2CCCCC2)Oc2ccccc2)O[C@@H](n2ccc(N)nc2=O)[C@H](F)[C@@H]1O.P[P-]P(P(P)P)P(P(P)P)P(P)P. The Balaban J connectivity index is 0.000000256. The van der Waals surface area contributed by atoms with Crippen molar-refractivity contribution in [1.82, 2.24) is 33.7 Å². The number of aliphatic hydroxyl groups is 4. The second-order valence-corrected chi connectivity index (χ2v) is 74.8. The zero-order valence-electron chi connectivity index (χ0n) is 62.4. The summed E-state index contributed by atoms with van der Waals surface area (Å²) in [5, 5.41) is 46.2. The maximum atomic E-state index is 15.4. The molecule has 4 aliphatic rings. The summed E-state index contributed by atoms with van der Waals surface area (Å²) in [4.78, 5) is 61.5. The Hall–Kier alpha value is -2.76. The quantitative estimate of drug-likeness (QED) is 0.0128.